The summed E-state index contributed by atoms with van der Waals surface area (Å²) in [6.45, 7) is 16.6. The molecular formula is C15H33N3O. The van der Waals surface area contributed by atoms with Gasteiger partial charge in [-0.3, -0.25) is 9.80 Å². The van der Waals surface area contributed by atoms with E-state index in [2.05, 4.69) is 58.8 Å². The van der Waals surface area contributed by atoms with E-state index in [-0.39, 0.29) is 11.9 Å². The molecule has 0 saturated carbocycles. The Hall–Kier alpha value is -0.610. The first-order chi connectivity index (χ1) is 8.82. The molecule has 0 aliphatic rings. The van der Waals surface area contributed by atoms with E-state index in [1.165, 1.54) is 0 Å². The molecule has 0 atom stereocenters. The van der Waals surface area contributed by atoms with E-state index in [0.717, 1.165) is 19.5 Å². The molecule has 0 spiro atoms. The Morgan fingerprint density at radius 3 is 1.84 bits per heavy atom. The minimum atomic E-state index is 0.198. The highest BCUT2D eigenvalue weighted by Gasteiger charge is 2.27. The van der Waals surface area contributed by atoms with Crippen LogP contribution in [-0.4, -0.2) is 47.1 Å². The van der Waals surface area contributed by atoms with Gasteiger partial charge >= 0.3 is 0 Å². The van der Waals surface area contributed by atoms with Crippen LogP contribution in [0.4, 0.5) is 0 Å². The molecule has 19 heavy (non-hydrogen) atoms. The molecule has 0 aliphatic carbocycles. The molecule has 114 valence electrons. The average Bonchev–Trinajstić information content (AvgIpc) is 2.29. The molecule has 0 aromatic rings. The topological polar surface area (TPSA) is 35.6 Å². The number of carbonyl (C=O) groups is 1. The summed E-state index contributed by atoms with van der Waals surface area (Å²) in [4.78, 5) is 12.4. The molecule has 0 heterocycles. The van der Waals surface area contributed by atoms with E-state index < -0.39 is 0 Å². The minimum absolute atomic E-state index is 0.198. The van der Waals surface area contributed by atoms with Crippen molar-refractivity contribution in [3.8, 4) is 0 Å². The van der Waals surface area contributed by atoms with Crippen molar-refractivity contribution in [3.05, 3.63) is 0 Å². The molecule has 0 aliphatic heterocycles. The quantitative estimate of drug-likeness (QED) is 0.517. The predicted molar refractivity (Wildman–Crippen MR) is 81.9 cm³/mol. The zero-order valence-electron chi connectivity index (χ0n) is 13.9. The smallest absolute Gasteiger partial charge is 0.238 e. The summed E-state index contributed by atoms with van der Waals surface area (Å²) in [5.41, 5.74) is 0. The van der Waals surface area contributed by atoms with Crippen molar-refractivity contribution in [2.24, 2.45) is 0 Å². The molecule has 0 radical (unpaired) electrons. The fraction of sp³-hybridized carbons (Fsp3) is 0.933. The van der Waals surface area contributed by atoms with Crippen molar-refractivity contribution in [1.29, 1.82) is 0 Å². The monoisotopic (exact) mass is 271 g/mol. The van der Waals surface area contributed by atoms with Gasteiger partial charge in [0, 0.05) is 31.1 Å². The largest absolute Gasteiger partial charge is 0.316 e. The van der Waals surface area contributed by atoms with E-state index in [1.807, 2.05) is 5.01 Å². The fourth-order valence-corrected chi connectivity index (χ4v) is 2.39. The second-order valence-corrected chi connectivity index (χ2v) is 5.90. The van der Waals surface area contributed by atoms with Crippen LogP contribution in [0.25, 0.3) is 0 Å². The van der Waals surface area contributed by atoms with Gasteiger partial charge < -0.3 is 5.32 Å². The third kappa shape index (κ3) is 6.39. The summed E-state index contributed by atoms with van der Waals surface area (Å²) < 4.78 is 0. The maximum atomic E-state index is 12.4. The highest BCUT2D eigenvalue weighted by Crippen LogP contribution is 2.15. The molecule has 0 bridgehead atoms. The molecule has 0 aromatic heterocycles. The standard InChI is InChI=1S/C15H33N3O/c1-8-10-16-11-9-15(19)18(14(6)7)17(12(2)3)13(4)5/h12-14,16H,8-11H2,1-7H3. The van der Waals surface area contributed by atoms with Gasteiger partial charge in [-0.05, 0) is 54.5 Å². The SMILES string of the molecule is CCCNCCC(=O)N(C(C)C)N(C(C)C)C(C)C. The summed E-state index contributed by atoms with van der Waals surface area (Å²) >= 11 is 0. The van der Waals surface area contributed by atoms with Crippen molar-refractivity contribution >= 4 is 5.91 Å². The lowest BCUT2D eigenvalue weighted by Crippen LogP contribution is -2.56. The zero-order valence-corrected chi connectivity index (χ0v) is 13.9. The maximum Gasteiger partial charge on any atom is 0.238 e. The van der Waals surface area contributed by atoms with Gasteiger partial charge in [0.05, 0.1) is 0 Å². The fourth-order valence-electron chi connectivity index (χ4n) is 2.39. The summed E-state index contributed by atoms with van der Waals surface area (Å²) in [6, 6.07) is 0.855. The first kappa shape index (κ1) is 18.4. The number of carbonyl (C=O) groups excluding carboxylic acids is 1. The van der Waals surface area contributed by atoms with Crippen LogP contribution in [0.15, 0.2) is 0 Å². The van der Waals surface area contributed by atoms with Gasteiger partial charge in [0.1, 0.15) is 0 Å². The molecule has 1 N–H and O–H groups in total. The van der Waals surface area contributed by atoms with Crippen LogP contribution in [-0.2, 0) is 4.79 Å². The van der Waals surface area contributed by atoms with E-state index in [0.29, 0.717) is 18.5 Å². The second kappa shape index (κ2) is 9.32. The van der Waals surface area contributed by atoms with E-state index >= 15 is 0 Å². The average molecular weight is 271 g/mol. The highest BCUT2D eigenvalue weighted by molar-refractivity contribution is 5.76. The number of nitrogens with one attached hydrogen (secondary N) is 1. The normalized spacial score (nSPS) is 11.9. The number of amides is 1. The Bertz CT molecular complexity index is 244. The number of rotatable bonds is 9. The van der Waals surface area contributed by atoms with Crippen molar-refractivity contribution < 1.29 is 4.79 Å². The molecule has 4 nitrogen and oxygen atoms in total. The van der Waals surface area contributed by atoms with Crippen molar-refractivity contribution in [2.45, 2.75) is 79.4 Å². The van der Waals surface area contributed by atoms with Gasteiger partial charge in [-0.15, -0.1) is 0 Å². The number of hydrazine groups is 1. The van der Waals surface area contributed by atoms with Crippen molar-refractivity contribution in [2.75, 3.05) is 13.1 Å². The number of hydrogen-bond acceptors (Lipinski definition) is 3. The van der Waals surface area contributed by atoms with E-state index in [4.69, 9.17) is 0 Å². The van der Waals surface area contributed by atoms with Crippen LogP contribution < -0.4 is 5.32 Å². The minimum Gasteiger partial charge on any atom is -0.316 e. The van der Waals surface area contributed by atoms with Gasteiger partial charge in [-0.1, -0.05) is 6.92 Å². The van der Waals surface area contributed by atoms with Crippen molar-refractivity contribution in [3.63, 3.8) is 0 Å². The third-order valence-corrected chi connectivity index (χ3v) is 2.99. The Balaban J connectivity index is 4.65. The molecule has 0 saturated heterocycles. The van der Waals surface area contributed by atoms with Crippen LogP contribution >= 0.6 is 0 Å². The maximum absolute atomic E-state index is 12.4. The summed E-state index contributed by atoms with van der Waals surface area (Å²) in [7, 11) is 0. The van der Waals surface area contributed by atoms with Crippen molar-refractivity contribution in [1.82, 2.24) is 15.3 Å². The van der Waals surface area contributed by atoms with Gasteiger partial charge in [0.15, 0.2) is 0 Å². The van der Waals surface area contributed by atoms with Gasteiger partial charge in [0.2, 0.25) is 5.91 Å². The van der Waals surface area contributed by atoms with Gasteiger partial charge in [-0.2, -0.15) is 0 Å². The molecule has 0 aromatic carbocycles. The Kier molecular flexibility index (Phi) is 9.02. The third-order valence-electron chi connectivity index (χ3n) is 2.99. The Labute approximate surface area is 119 Å². The molecule has 0 rings (SSSR count). The molecule has 0 unspecified atom stereocenters. The summed E-state index contributed by atoms with van der Waals surface area (Å²) in [5.74, 6) is 0.209. The first-order valence-electron chi connectivity index (χ1n) is 7.63. The lowest BCUT2D eigenvalue weighted by molar-refractivity contribution is -0.163. The van der Waals surface area contributed by atoms with Crippen LogP contribution in [0.5, 0.6) is 0 Å². The molecule has 4 heteroatoms. The van der Waals surface area contributed by atoms with E-state index in [1.54, 1.807) is 0 Å². The zero-order chi connectivity index (χ0) is 15.0. The van der Waals surface area contributed by atoms with Crippen LogP contribution in [0.2, 0.25) is 0 Å². The second-order valence-electron chi connectivity index (χ2n) is 5.90. The molecule has 1 amide bonds. The number of hydrogen-bond donors (Lipinski definition) is 1. The Morgan fingerprint density at radius 1 is 0.947 bits per heavy atom. The lowest BCUT2D eigenvalue weighted by atomic mass is 10.2. The first-order valence-corrected chi connectivity index (χ1v) is 7.63. The summed E-state index contributed by atoms with van der Waals surface area (Å²) in [5, 5.41) is 7.41. The highest BCUT2D eigenvalue weighted by atomic mass is 16.2. The van der Waals surface area contributed by atoms with Crippen LogP contribution in [0.1, 0.15) is 61.3 Å². The predicted octanol–water partition coefficient (Wildman–Crippen LogP) is 2.65. The van der Waals surface area contributed by atoms with E-state index in [9.17, 15) is 4.79 Å². The summed E-state index contributed by atoms with van der Waals surface area (Å²) in [6.07, 6.45) is 1.67. The van der Waals surface area contributed by atoms with Crippen LogP contribution in [0.3, 0.4) is 0 Å². The molecule has 0 fully saturated rings. The van der Waals surface area contributed by atoms with Gasteiger partial charge in [-0.25, -0.2) is 5.01 Å². The lowest BCUT2D eigenvalue weighted by Gasteiger charge is -2.43. The number of nitrogens with zero attached hydrogens (tertiary/aromatic N) is 2. The van der Waals surface area contributed by atoms with Crippen LogP contribution in [0, 0.1) is 0 Å². The van der Waals surface area contributed by atoms with Gasteiger partial charge in [0.25, 0.3) is 0 Å². The molecular weight excluding hydrogens is 238 g/mol. The Morgan fingerprint density at radius 2 is 1.47 bits per heavy atom.